The molecule has 0 heterocycles. The van der Waals surface area contributed by atoms with E-state index in [1.165, 1.54) is 19.3 Å². The van der Waals surface area contributed by atoms with Gasteiger partial charge in [-0.25, -0.2) is 0 Å². The zero-order valence-corrected chi connectivity index (χ0v) is 8.72. The number of hydrogen-bond acceptors (Lipinski definition) is 0. The molecule has 2 saturated carbocycles. The minimum absolute atomic E-state index is 1.03. The SMILES string of the molecule is CCC1CC2CCC(C)C2C1C. The second kappa shape index (κ2) is 3.05. The highest BCUT2D eigenvalue weighted by atomic mass is 14.5. The lowest BCUT2D eigenvalue weighted by molar-refractivity contribution is 0.265. The van der Waals surface area contributed by atoms with Crippen molar-refractivity contribution >= 4 is 0 Å². The molecule has 0 aromatic carbocycles. The molecule has 5 atom stereocenters. The van der Waals surface area contributed by atoms with Crippen molar-refractivity contribution in [1.82, 2.24) is 0 Å². The molecule has 70 valence electrons. The van der Waals surface area contributed by atoms with Crippen LogP contribution in [0.2, 0.25) is 0 Å². The molecule has 0 bridgehead atoms. The first-order chi connectivity index (χ1) is 5.74. The Morgan fingerprint density at radius 3 is 2.50 bits per heavy atom. The van der Waals surface area contributed by atoms with Crippen LogP contribution in [-0.2, 0) is 0 Å². The first-order valence-corrected chi connectivity index (χ1v) is 5.74. The smallest absolute Gasteiger partial charge is 0.0332 e. The van der Waals surface area contributed by atoms with Crippen LogP contribution in [-0.4, -0.2) is 0 Å². The average Bonchev–Trinajstić information content (AvgIpc) is 2.55. The predicted molar refractivity (Wildman–Crippen MR) is 52.9 cm³/mol. The maximum atomic E-state index is 2.50. The first kappa shape index (κ1) is 8.59. The van der Waals surface area contributed by atoms with E-state index in [9.17, 15) is 0 Å². The second-order valence-corrected chi connectivity index (χ2v) is 5.16. The third-order valence-electron chi connectivity index (χ3n) is 4.67. The Morgan fingerprint density at radius 2 is 1.92 bits per heavy atom. The minimum atomic E-state index is 1.03. The lowest BCUT2D eigenvalue weighted by Crippen LogP contribution is -2.16. The minimum Gasteiger partial charge on any atom is -0.0651 e. The van der Waals surface area contributed by atoms with Crippen LogP contribution in [0.5, 0.6) is 0 Å². The zero-order chi connectivity index (χ0) is 8.72. The van der Waals surface area contributed by atoms with Crippen LogP contribution in [0.15, 0.2) is 0 Å². The summed E-state index contributed by atoms with van der Waals surface area (Å²) < 4.78 is 0. The van der Waals surface area contributed by atoms with Crippen molar-refractivity contribution in [2.75, 3.05) is 0 Å². The van der Waals surface area contributed by atoms with Crippen molar-refractivity contribution in [3.8, 4) is 0 Å². The fourth-order valence-electron chi connectivity index (χ4n) is 4.01. The zero-order valence-electron chi connectivity index (χ0n) is 8.72. The highest BCUT2D eigenvalue weighted by Crippen LogP contribution is 2.53. The van der Waals surface area contributed by atoms with Crippen LogP contribution >= 0.6 is 0 Å². The predicted octanol–water partition coefficient (Wildman–Crippen LogP) is 3.71. The molecular formula is C12H22. The van der Waals surface area contributed by atoms with Gasteiger partial charge in [-0.2, -0.15) is 0 Å². The van der Waals surface area contributed by atoms with Gasteiger partial charge in [-0.05, 0) is 42.4 Å². The molecule has 2 fully saturated rings. The molecule has 0 nitrogen and oxygen atoms in total. The molecule has 0 spiro atoms. The van der Waals surface area contributed by atoms with E-state index < -0.39 is 0 Å². The lowest BCUT2D eigenvalue weighted by Gasteiger charge is -2.22. The summed E-state index contributed by atoms with van der Waals surface area (Å²) in [5.41, 5.74) is 0. The van der Waals surface area contributed by atoms with Crippen molar-refractivity contribution in [3.05, 3.63) is 0 Å². The lowest BCUT2D eigenvalue weighted by atomic mass is 9.83. The molecule has 0 heteroatoms. The van der Waals surface area contributed by atoms with Crippen molar-refractivity contribution in [1.29, 1.82) is 0 Å². The van der Waals surface area contributed by atoms with Crippen LogP contribution in [0, 0.1) is 29.6 Å². The van der Waals surface area contributed by atoms with Gasteiger partial charge < -0.3 is 0 Å². The van der Waals surface area contributed by atoms with Gasteiger partial charge in [0.25, 0.3) is 0 Å². The maximum Gasteiger partial charge on any atom is -0.0332 e. The summed E-state index contributed by atoms with van der Waals surface area (Å²) in [4.78, 5) is 0. The third-order valence-corrected chi connectivity index (χ3v) is 4.67. The van der Waals surface area contributed by atoms with Gasteiger partial charge >= 0.3 is 0 Å². The molecule has 2 aliphatic carbocycles. The quantitative estimate of drug-likeness (QED) is 0.557. The third kappa shape index (κ3) is 1.11. The normalized spacial score (nSPS) is 52.8. The molecule has 0 radical (unpaired) electrons. The highest BCUT2D eigenvalue weighted by Gasteiger charge is 2.45. The van der Waals surface area contributed by atoms with E-state index in [1.54, 1.807) is 6.42 Å². The van der Waals surface area contributed by atoms with Gasteiger partial charge in [0.15, 0.2) is 0 Å². The van der Waals surface area contributed by atoms with Crippen LogP contribution in [0.4, 0.5) is 0 Å². The number of hydrogen-bond donors (Lipinski definition) is 0. The van der Waals surface area contributed by atoms with Gasteiger partial charge in [0.05, 0.1) is 0 Å². The van der Waals surface area contributed by atoms with Crippen LogP contribution in [0.3, 0.4) is 0 Å². The van der Waals surface area contributed by atoms with Crippen molar-refractivity contribution in [2.24, 2.45) is 29.6 Å². The van der Waals surface area contributed by atoms with Crippen LogP contribution in [0.1, 0.15) is 46.5 Å². The van der Waals surface area contributed by atoms with E-state index in [1.807, 2.05) is 0 Å². The molecule has 2 rings (SSSR count). The first-order valence-electron chi connectivity index (χ1n) is 5.74. The van der Waals surface area contributed by atoms with Gasteiger partial charge in [-0.1, -0.05) is 33.6 Å². The van der Waals surface area contributed by atoms with Crippen LogP contribution in [0.25, 0.3) is 0 Å². The number of fused-ring (bicyclic) bond motifs is 1. The standard InChI is InChI=1S/C12H22/c1-4-10-7-11-6-5-8(2)12(11)9(10)3/h8-12H,4-7H2,1-3H3. The molecular weight excluding hydrogens is 144 g/mol. The summed E-state index contributed by atoms with van der Waals surface area (Å²) in [5, 5.41) is 0. The van der Waals surface area contributed by atoms with E-state index in [2.05, 4.69) is 20.8 Å². The summed E-state index contributed by atoms with van der Waals surface area (Å²) in [5.74, 6) is 5.32. The highest BCUT2D eigenvalue weighted by molar-refractivity contribution is 4.94. The maximum absolute atomic E-state index is 2.50. The van der Waals surface area contributed by atoms with Gasteiger partial charge in [-0.15, -0.1) is 0 Å². The Labute approximate surface area is 76.7 Å². The Morgan fingerprint density at radius 1 is 1.17 bits per heavy atom. The Balaban J connectivity index is 2.09. The summed E-state index contributed by atoms with van der Waals surface area (Å²) in [6.45, 7) is 7.34. The fraction of sp³-hybridized carbons (Fsp3) is 1.00. The second-order valence-electron chi connectivity index (χ2n) is 5.16. The molecule has 0 amide bonds. The average molecular weight is 166 g/mol. The molecule has 12 heavy (non-hydrogen) atoms. The van der Waals surface area contributed by atoms with E-state index >= 15 is 0 Å². The van der Waals surface area contributed by atoms with Crippen molar-refractivity contribution in [2.45, 2.75) is 46.5 Å². The number of rotatable bonds is 1. The largest absolute Gasteiger partial charge is 0.0651 e. The summed E-state index contributed by atoms with van der Waals surface area (Å²) in [6.07, 6.45) is 6.01. The monoisotopic (exact) mass is 166 g/mol. The van der Waals surface area contributed by atoms with E-state index in [-0.39, 0.29) is 0 Å². The fourth-order valence-corrected chi connectivity index (χ4v) is 4.01. The molecule has 0 N–H and O–H groups in total. The topological polar surface area (TPSA) is 0 Å². The summed E-state index contributed by atoms with van der Waals surface area (Å²) in [7, 11) is 0. The Bertz CT molecular complexity index is 161. The Hall–Kier alpha value is 0. The van der Waals surface area contributed by atoms with E-state index in [0.29, 0.717) is 0 Å². The van der Waals surface area contributed by atoms with Crippen molar-refractivity contribution < 1.29 is 0 Å². The molecule has 0 aliphatic heterocycles. The summed E-state index contributed by atoms with van der Waals surface area (Å²) >= 11 is 0. The Kier molecular flexibility index (Phi) is 2.18. The molecule has 0 aromatic heterocycles. The molecule has 2 aliphatic rings. The van der Waals surface area contributed by atoms with E-state index in [4.69, 9.17) is 0 Å². The van der Waals surface area contributed by atoms with Gasteiger partial charge in [0.2, 0.25) is 0 Å². The molecule has 0 aromatic rings. The van der Waals surface area contributed by atoms with Crippen LogP contribution < -0.4 is 0 Å². The van der Waals surface area contributed by atoms with Gasteiger partial charge in [0, 0.05) is 0 Å². The summed E-state index contributed by atoms with van der Waals surface area (Å²) in [6, 6.07) is 0. The molecule has 5 unspecified atom stereocenters. The van der Waals surface area contributed by atoms with Crippen molar-refractivity contribution in [3.63, 3.8) is 0 Å². The van der Waals surface area contributed by atoms with Gasteiger partial charge in [-0.3, -0.25) is 0 Å². The van der Waals surface area contributed by atoms with E-state index in [0.717, 1.165) is 29.6 Å². The van der Waals surface area contributed by atoms with Gasteiger partial charge in [0.1, 0.15) is 0 Å². The molecule has 0 saturated heterocycles.